The fourth-order valence-corrected chi connectivity index (χ4v) is 18.5. The topological polar surface area (TPSA) is 239 Å². The van der Waals surface area contributed by atoms with Crippen molar-refractivity contribution >= 4 is 49.4 Å². The van der Waals surface area contributed by atoms with Crippen LogP contribution in [0, 0.1) is 53.7 Å². The summed E-state index contributed by atoms with van der Waals surface area (Å²) in [4.78, 5) is 71.7. The lowest BCUT2D eigenvalue weighted by Crippen LogP contribution is -1.99. The Morgan fingerprint density at radius 2 is 0.387 bits per heavy atom. The molecule has 0 aliphatic heterocycles. The number of rotatable bonds is 18. The van der Waals surface area contributed by atoms with Gasteiger partial charge in [0.1, 0.15) is 0 Å². The van der Waals surface area contributed by atoms with E-state index in [-0.39, 0.29) is 0 Å². The van der Waals surface area contributed by atoms with Crippen molar-refractivity contribution in [1.29, 1.82) is 15.8 Å². The quantitative estimate of drug-likeness (QED) is 0.0726. The van der Waals surface area contributed by atoms with Gasteiger partial charge in [0.2, 0.25) is 0 Å². The van der Waals surface area contributed by atoms with Gasteiger partial charge in [-0.25, -0.2) is 74.3 Å². The van der Waals surface area contributed by atoms with Crippen molar-refractivity contribution in [2.24, 2.45) is 0 Å². The van der Waals surface area contributed by atoms with Crippen LogP contribution in [0.25, 0.3) is 250 Å². The van der Waals surface area contributed by atoms with E-state index in [2.05, 4.69) is 81.3 Å². The minimum absolute atomic E-state index is 0.528. The van der Waals surface area contributed by atoms with Gasteiger partial charge >= 0.3 is 0 Å². The highest BCUT2D eigenvalue weighted by Gasteiger charge is 2.25. The van der Waals surface area contributed by atoms with Crippen LogP contribution in [0.3, 0.4) is 0 Å². The van der Waals surface area contributed by atoms with Crippen LogP contribution in [0.1, 0.15) is 16.7 Å². The highest BCUT2D eigenvalue weighted by atomic mass is 14.9. The van der Waals surface area contributed by atoms with Crippen molar-refractivity contribution in [1.82, 2.24) is 59.8 Å². The molecule has 0 saturated heterocycles. The normalized spacial score (nSPS) is 10.8. The van der Waals surface area contributed by atoms with Crippen LogP contribution in [0.4, 0.5) is 17.1 Å². The van der Waals surface area contributed by atoms with Gasteiger partial charge in [-0.2, -0.15) is 15.8 Å². The number of aromatic nitrogens is 12. The van der Waals surface area contributed by atoms with Crippen molar-refractivity contribution in [3.05, 3.63) is 524 Å². The zero-order chi connectivity index (χ0) is 102. The maximum atomic E-state index is 9.93. The predicted molar refractivity (Wildman–Crippen MR) is 596 cm³/mol. The van der Waals surface area contributed by atoms with Crippen LogP contribution >= 0.6 is 0 Å². The smallest absolute Gasteiger partial charge is 0.196 e. The summed E-state index contributed by atoms with van der Waals surface area (Å²) in [6.45, 7) is 22.9. The number of fused-ring (bicyclic) bond motifs is 3. The van der Waals surface area contributed by atoms with Crippen LogP contribution in [-0.4, -0.2) is 59.8 Å². The van der Waals surface area contributed by atoms with Crippen molar-refractivity contribution in [2.45, 2.75) is 0 Å². The molecule has 0 radical (unpaired) electrons. The first-order valence-corrected chi connectivity index (χ1v) is 48.2. The van der Waals surface area contributed by atoms with Gasteiger partial charge in [0.05, 0.1) is 123 Å². The van der Waals surface area contributed by atoms with Gasteiger partial charge in [-0.15, -0.1) is 0 Å². The molecule has 18 nitrogen and oxygen atoms in total. The molecule has 0 unspecified atom stereocenters. The minimum atomic E-state index is 0.528. The van der Waals surface area contributed by atoms with E-state index in [0.717, 1.165) is 189 Å². The van der Waals surface area contributed by atoms with Crippen molar-refractivity contribution < 1.29 is 0 Å². The van der Waals surface area contributed by atoms with Gasteiger partial charge in [0, 0.05) is 94.6 Å². The Balaban J connectivity index is 0.000000127. The van der Waals surface area contributed by atoms with Gasteiger partial charge in [-0.05, 0) is 117 Å². The fraction of sp³-hybridized carbons (Fsp3) is 0. The fourth-order valence-electron chi connectivity index (χ4n) is 18.5. The molecule has 24 aromatic rings. The Morgan fingerprint density at radius 3 is 0.733 bits per heavy atom. The first-order chi connectivity index (χ1) is 74.0. The molecule has 0 aliphatic rings. The number of hydrogen-bond donors (Lipinski definition) is 0. The minimum Gasteiger partial charge on any atom is -0.238 e. The first kappa shape index (κ1) is 93.1. The van der Waals surface area contributed by atoms with Gasteiger partial charge in [-0.1, -0.05) is 394 Å². The van der Waals surface area contributed by atoms with E-state index in [1.807, 2.05) is 394 Å². The van der Waals surface area contributed by atoms with E-state index in [0.29, 0.717) is 80.1 Å². The zero-order valence-electron chi connectivity index (χ0n) is 80.1. The Morgan fingerprint density at radius 1 is 0.160 bits per heavy atom. The molecule has 0 spiro atoms. The third kappa shape index (κ3) is 19.8. The second-order valence-corrected chi connectivity index (χ2v) is 35.1. The first-order valence-electron chi connectivity index (χ1n) is 48.2. The Labute approximate surface area is 864 Å². The molecule has 150 heavy (non-hydrogen) atoms. The molecule has 18 aromatic carbocycles. The number of hydrogen-bond acceptors (Lipinski definition) is 15. The maximum absolute atomic E-state index is 9.93. The van der Waals surface area contributed by atoms with Gasteiger partial charge in [-0.3, -0.25) is 0 Å². The standard InChI is InChI=1S/3C44H26N6/c1-46-34-19-9-18-33(25-34)44-48-40(31-15-6-3-7-16-31)27-42(50-44)38-23-11-20-35-36(38)21-10-22-37(35)41-26-39(30-13-4-2-5-14-30)47-43(49-41)32-17-8-12-29(24-32)28-45;1-46-34-19-9-18-33(25-34)42-27-40(31-15-6-3-7-16-31)48-44(50-42)38-23-11-20-35-36(38)21-10-22-37(35)43-47-39(30-13-4-2-5-14-30)26-41(49-43)32-17-8-12-29(24-32)28-45;1-46-38-25-11-10-20-37(38)42-27-40(30-16-6-3-7-17-30)48-44(50-42)36-24-13-21-33-34(36)22-12-23-35(33)43-47-39(29-14-4-2-5-15-29)26-41(49-43)32-19-9-8-18-31(32)28-45/h3*2-27H. The summed E-state index contributed by atoms with van der Waals surface area (Å²) in [5.74, 6) is 3.33. The summed E-state index contributed by atoms with van der Waals surface area (Å²) in [5.41, 5.74) is 28.1. The van der Waals surface area contributed by atoms with Crippen LogP contribution < -0.4 is 0 Å². The third-order valence-corrected chi connectivity index (χ3v) is 25.7. The van der Waals surface area contributed by atoms with E-state index >= 15 is 0 Å². The summed E-state index contributed by atoms with van der Waals surface area (Å²) in [6, 6.07) is 160. The number of nitrogens with zero attached hydrogens (tertiary/aromatic N) is 18. The second-order valence-electron chi connectivity index (χ2n) is 35.1. The Hall–Kier alpha value is -21.8. The second kappa shape index (κ2) is 42.5. The summed E-state index contributed by atoms with van der Waals surface area (Å²) in [7, 11) is 0. The van der Waals surface area contributed by atoms with Crippen molar-refractivity contribution in [3.63, 3.8) is 0 Å². The molecule has 0 atom stereocenters. The lowest BCUT2D eigenvalue weighted by atomic mass is 9.95. The maximum Gasteiger partial charge on any atom is 0.196 e. The summed E-state index contributed by atoms with van der Waals surface area (Å²) < 4.78 is 0. The van der Waals surface area contributed by atoms with Crippen LogP contribution in [0.15, 0.2) is 473 Å². The van der Waals surface area contributed by atoms with E-state index in [1.54, 1.807) is 30.3 Å². The van der Waals surface area contributed by atoms with E-state index in [4.69, 9.17) is 79.5 Å². The van der Waals surface area contributed by atoms with E-state index in [1.165, 1.54) is 0 Å². The zero-order valence-corrected chi connectivity index (χ0v) is 80.1. The summed E-state index contributed by atoms with van der Waals surface area (Å²) >= 11 is 0. The molecule has 0 aliphatic carbocycles. The average Bonchev–Trinajstić information content (AvgIpc) is 0.763. The third-order valence-electron chi connectivity index (χ3n) is 25.7. The van der Waals surface area contributed by atoms with Crippen molar-refractivity contribution in [2.75, 3.05) is 0 Å². The number of para-hydroxylation sites is 1. The molecule has 0 fully saturated rings. The number of benzene rings is 18. The molecule has 24 rings (SSSR count). The molecular formula is C132H78N18. The molecular weight excluding hydrogens is 1840 g/mol. The largest absolute Gasteiger partial charge is 0.238 e. The summed E-state index contributed by atoms with van der Waals surface area (Å²) in [6.07, 6.45) is 0. The SMILES string of the molecule is [C-]#[N+]c1cccc(-c2cc(-c3ccccc3)nc(-c3cccc4c(-c5nc(-c6ccccc6)cc(-c6cccc(C#N)c6)n5)cccc34)n2)c1.[C-]#[N+]c1cccc(-c2nc(-c3ccccc3)cc(-c3cccc4c(-c5cc(-c6ccccc6)nc(-c6cccc(C#N)c6)n5)cccc34)n2)c1.[C-]#[N+]c1ccccc1-c1cc(-c2ccccc2)nc(-c2cccc3c(-c4nc(-c5ccccc5)cc(-c5ccccc5C#N)n4)cccc23)n1. The lowest BCUT2D eigenvalue weighted by Gasteiger charge is -2.14. The Bertz CT molecular complexity index is 8690. The van der Waals surface area contributed by atoms with Gasteiger partial charge in [0.15, 0.2) is 52.0 Å². The molecule has 18 heteroatoms. The van der Waals surface area contributed by atoms with Crippen LogP contribution in [-0.2, 0) is 0 Å². The number of nitriles is 3. The van der Waals surface area contributed by atoms with Gasteiger partial charge < -0.3 is 0 Å². The van der Waals surface area contributed by atoms with Crippen LogP contribution in [0.2, 0.25) is 0 Å². The monoisotopic (exact) mass is 1910 g/mol. The lowest BCUT2D eigenvalue weighted by molar-refractivity contribution is 1.18. The van der Waals surface area contributed by atoms with Gasteiger partial charge in [0.25, 0.3) is 0 Å². The molecule has 0 amide bonds. The molecule has 0 bridgehead atoms. The van der Waals surface area contributed by atoms with E-state index < -0.39 is 0 Å². The summed E-state index contributed by atoms with van der Waals surface area (Å²) in [5, 5.41) is 34.9. The predicted octanol–water partition coefficient (Wildman–Crippen LogP) is 32.5. The molecule has 0 N–H and O–H groups in total. The highest BCUT2D eigenvalue weighted by molar-refractivity contribution is 6.07. The van der Waals surface area contributed by atoms with Crippen LogP contribution in [0.5, 0.6) is 0 Å². The Kier molecular flexibility index (Phi) is 26.4. The molecule has 0 saturated carbocycles. The molecule has 6 heterocycles. The highest BCUT2D eigenvalue weighted by Crippen LogP contribution is 2.44. The average molecular weight is 1920 g/mol. The van der Waals surface area contributed by atoms with Crippen molar-refractivity contribution in [3.8, 4) is 222 Å². The molecule has 696 valence electrons. The van der Waals surface area contributed by atoms with E-state index in [9.17, 15) is 15.8 Å². The molecule has 6 aromatic heterocycles.